The van der Waals surface area contributed by atoms with Crippen molar-refractivity contribution in [1.29, 1.82) is 0 Å². The van der Waals surface area contributed by atoms with Crippen molar-refractivity contribution in [2.24, 2.45) is 0 Å². The van der Waals surface area contributed by atoms with Crippen LogP contribution in [-0.4, -0.2) is 45.8 Å². The van der Waals surface area contributed by atoms with Crippen LogP contribution in [0.2, 0.25) is 0 Å². The second kappa shape index (κ2) is 5.80. The number of aryl methyl sites for hydroxylation is 1. The zero-order chi connectivity index (χ0) is 17.7. The molecule has 0 bridgehead atoms. The van der Waals surface area contributed by atoms with Crippen LogP contribution < -0.4 is 0 Å². The van der Waals surface area contributed by atoms with Gasteiger partial charge in [0.1, 0.15) is 6.54 Å². The Kier molecular flexibility index (Phi) is 3.72. The highest BCUT2D eigenvalue weighted by Gasteiger charge is 2.38. The summed E-state index contributed by atoms with van der Waals surface area (Å²) in [5.74, 6) is -0.492. The maximum Gasteiger partial charge on any atom is 0.262 e. The molecule has 2 aromatic rings. The van der Waals surface area contributed by atoms with E-state index in [1.54, 1.807) is 23.1 Å². The van der Waals surface area contributed by atoms with Crippen LogP contribution in [0.5, 0.6) is 0 Å². The van der Waals surface area contributed by atoms with Crippen LogP contribution in [-0.2, 0) is 17.8 Å². The van der Waals surface area contributed by atoms with Crippen LogP contribution in [0.1, 0.15) is 37.7 Å². The van der Waals surface area contributed by atoms with Crippen molar-refractivity contribution in [3.05, 3.63) is 50.8 Å². The number of amides is 3. The quantitative estimate of drug-likeness (QED) is 0.715. The molecule has 0 fully saturated rings. The van der Waals surface area contributed by atoms with Crippen molar-refractivity contribution in [1.82, 2.24) is 15.0 Å². The summed E-state index contributed by atoms with van der Waals surface area (Å²) < 4.78 is 5.96. The van der Waals surface area contributed by atoms with Gasteiger partial charge in [-0.3, -0.25) is 19.3 Å². The zero-order valence-corrected chi connectivity index (χ0v) is 15.0. The lowest BCUT2D eigenvalue weighted by Crippen LogP contribution is -2.44. The van der Waals surface area contributed by atoms with Crippen molar-refractivity contribution in [3.8, 4) is 0 Å². The number of aromatic nitrogens is 1. The Labute approximate surface area is 151 Å². The van der Waals surface area contributed by atoms with Gasteiger partial charge >= 0.3 is 0 Å². The van der Waals surface area contributed by atoms with Gasteiger partial charge in [0.25, 0.3) is 11.8 Å². The molecule has 1 aromatic carbocycles. The molecule has 3 amide bonds. The highest BCUT2D eigenvalue weighted by Crippen LogP contribution is 2.27. The summed E-state index contributed by atoms with van der Waals surface area (Å²) in [5.41, 5.74) is 2.52. The second-order valence-electron chi connectivity index (χ2n) is 6.12. The topological polar surface area (TPSA) is 83.7 Å². The Bertz CT molecular complexity index is 921. The maximum atomic E-state index is 12.6. The predicted molar refractivity (Wildman–Crippen MR) is 89.9 cm³/mol. The van der Waals surface area contributed by atoms with Gasteiger partial charge in [-0.05, 0) is 31.5 Å². The third kappa shape index (κ3) is 2.57. The lowest BCUT2D eigenvalue weighted by atomic mass is 10.1. The van der Waals surface area contributed by atoms with E-state index >= 15 is 0 Å². The Morgan fingerprint density at radius 1 is 1.28 bits per heavy atom. The fourth-order valence-electron chi connectivity index (χ4n) is 3.23. The van der Waals surface area contributed by atoms with E-state index in [-0.39, 0.29) is 12.5 Å². The van der Waals surface area contributed by atoms with Gasteiger partial charge in [0, 0.05) is 16.6 Å². The Morgan fingerprint density at radius 2 is 2.04 bits per heavy atom. The first-order chi connectivity index (χ1) is 12.0. The molecule has 4 rings (SSSR count). The van der Waals surface area contributed by atoms with Gasteiger partial charge in [-0.15, -0.1) is 0 Å². The summed E-state index contributed by atoms with van der Waals surface area (Å²) in [6, 6.07) is 4.90. The molecular weight excluding hydrogens is 390 g/mol. The summed E-state index contributed by atoms with van der Waals surface area (Å²) >= 11 is 3.29. The van der Waals surface area contributed by atoms with E-state index in [2.05, 4.69) is 21.1 Å². The molecular formula is C17H14BrN3O4. The van der Waals surface area contributed by atoms with Crippen molar-refractivity contribution in [3.63, 3.8) is 0 Å². The first-order valence-corrected chi connectivity index (χ1v) is 8.62. The third-order valence-electron chi connectivity index (χ3n) is 4.61. The van der Waals surface area contributed by atoms with Crippen molar-refractivity contribution in [2.75, 3.05) is 13.1 Å². The smallest absolute Gasteiger partial charge is 0.262 e. The highest BCUT2D eigenvalue weighted by molar-refractivity contribution is 9.10. The van der Waals surface area contributed by atoms with Crippen LogP contribution in [0, 0.1) is 6.92 Å². The number of benzene rings is 1. The minimum atomic E-state index is -0.442. The van der Waals surface area contributed by atoms with Crippen LogP contribution in [0.4, 0.5) is 0 Å². The van der Waals surface area contributed by atoms with E-state index in [0.29, 0.717) is 40.9 Å². The lowest BCUT2D eigenvalue weighted by molar-refractivity contribution is -0.132. The minimum Gasteiger partial charge on any atom is -0.359 e. The number of carbonyl (C=O) groups is 3. The number of fused-ring (bicyclic) bond motifs is 2. The van der Waals surface area contributed by atoms with Crippen LogP contribution in [0.3, 0.4) is 0 Å². The fourth-order valence-corrected chi connectivity index (χ4v) is 3.60. The summed E-state index contributed by atoms with van der Waals surface area (Å²) in [4.78, 5) is 40.1. The molecule has 25 heavy (non-hydrogen) atoms. The van der Waals surface area contributed by atoms with Crippen molar-refractivity contribution < 1.29 is 18.9 Å². The molecule has 0 spiro atoms. The van der Waals surface area contributed by atoms with Crippen LogP contribution in [0.15, 0.2) is 27.2 Å². The first-order valence-electron chi connectivity index (χ1n) is 7.83. The molecule has 3 heterocycles. The van der Waals surface area contributed by atoms with Crippen LogP contribution >= 0.6 is 15.9 Å². The maximum absolute atomic E-state index is 12.6. The van der Waals surface area contributed by atoms with Crippen molar-refractivity contribution >= 4 is 33.7 Å². The van der Waals surface area contributed by atoms with E-state index in [4.69, 9.17) is 4.52 Å². The van der Waals surface area contributed by atoms with E-state index < -0.39 is 11.8 Å². The Morgan fingerprint density at radius 3 is 2.84 bits per heavy atom. The Balaban J connectivity index is 1.51. The molecule has 7 nitrogen and oxygen atoms in total. The summed E-state index contributed by atoms with van der Waals surface area (Å²) in [7, 11) is 0. The molecule has 0 N–H and O–H groups in total. The van der Waals surface area contributed by atoms with E-state index in [9.17, 15) is 14.4 Å². The van der Waals surface area contributed by atoms with E-state index in [1.807, 2.05) is 6.92 Å². The molecule has 0 saturated carbocycles. The molecule has 2 aliphatic rings. The van der Waals surface area contributed by atoms with Gasteiger partial charge in [0.05, 0.1) is 23.4 Å². The predicted octanol–water partition coefficient (Wildman–Crippen LogP) is 1.93. The average molecular weight is 404 g/mol. The summed E-state index contributed by atoms with van der Waals surface area (Å²) in [6.07, 6.45) is 0.658. The summed E-state index contributed by atoms with van der Waals surface area (Å²) in [5, 5.41) is 3.92. The zero-order valence-electron chi connectivity index (χ0n) is 13.4. The molecule has 0 radical (unpaired) electrons. The molecule has 1 aromatic heterocycles. The minimum absolute atomic E-state index is 0.271. The lowest BCUT2D eigenvalue weighted by Gasteiger charge is -2.27. The number of hydrogen-bond acceptors (Lipinski definition) is 5. The fraction of sp³-hybridized carbons (Fsp3) is 0.294. The van der Waals surface area contributed by atoms with Gasteiger partial charge in [-0.1, -0.05) is 21.1 Å². The normalized spacial score (nSPS) is 16.2. The van der Waals surface area contributed by atoms with Gasteiger partial charge in [0.2, 0.25) is 5.91 Å². The average Bonchev–Trinajstić information content (AvgIpc) is 3.08. The van der Waals surface area contributed by atoms with Gasteiger partial charge in [-0.2, -0.15) is 0 Å². The monoisotopic (exact) mass is 403 g/mol. The molecule has 0 atom stereocenters. The molecule has 8 heteroatoms. The standard InChI is InChI=1S/C17H14BrN3O4/c1-9-11-4-5-20(7-14(11)25-19-9)15(22)8-21-16(23)12-3-2-10(18)6-13(12)17(21)24/h2-3,6H,4-5,7-8H2,1H3. The van der Waals surface area contributed by atoms with Gasteiger partial charge < -0.3 is 9.42 Å². The third-order valence-corrected chi connectivity index (χ3v) is 5.10. The molecule has 0 unspecified atom stereocenters. The number of nitrogens with zero attached hydrogens (tertiary/aromatic N) is 3. The number of carbonyl (C=O) groups excluding carboxylic acids is 3. The van der Waals surface area contributed by atoms with Crippen LogP contribution in [0.25, 0.3) is 0 Å². The highest BCUT2D eigenvalue weighted by atomic mass is 79.9. The van der Waals surface area contributed by atoms with Crippen molar-refractivity contribution in [2.45, 2.75) is 19.9 Å². The summed E-state index contributed by atoms with van der Waals surface area (Å²) in [6.45, 7) is 2.43. The van der Waals surface area contributed by atoms with E-state index in [1.165, 1.54) is 0 Å². The number of halogens is 1. The molecule has 2 aliphatic heterocycles. The second-order valence-corrected chi connectivity index (χ2v) is 7.04. The SMILES string of the molecule is Cc1noc2c1CCN(C(=O)CN1C(=O)c3ccc(Br)cc3C1=O)C2. The van der Waals surface area contributed by atoms with Gasteiger partial charge in [-0.25, -0.2) is 0 Å². The first kappa shape index (κ1) is 16.0. The Hall–Kier alpha value is -2.48. The molecule has 128 valence electrons. The van der Waals surface area contributed by atoms with Gasteiger partial charge in [0.15, 0.2) is 5.76 Å². The molecule has 0 aliphatic carbocycles. The number of imide groups is 1. The largest absolute Gasteiger partial charge is 0.359 e. The number of hydrogen-bond donors (Lipinski definition) is 0. The van der Waals surface area contributed by atoms with E-state index in [0.717, 1.165) is 16.2 Å². The molecule has 0 saturated heterocycles. The number of rotatable bonds is 2.